The maximum absolute atomic E-state index is 13.2. The highest BCUT2D eigenvalue weighted by Crippen LogP contribution is 2.31. The third kappa shape index (κ3) is 4.74. The average Bonchev–Trinajstić information content (AvgIpc) is 3.26. The number of carbonyl (C=O) groups excluding carboxylic acids is 1. The molecular weight excluding hydrogens is 469 g/mol. The van der Waals surface area contributed by atoms with Crippen molar-refractivity contribution < 1.29 is 22.9 Å². The van der Waals surface area contributed by atoms with Crippen molar-refractivity contribution >= 4 is 34.4 Å². The lowest BCUT2D eigenvalue weighted by Crippen LogP contribution is -2.30. The monoisotopic (exact) mass is 486 g/mol. The number of benzene rings is 3. The van der Waals surface area contributed by atoms with E-state index in [0.717, 1.165) is 0 Å². The molecule has 1 aromatic heterocycles. The van der Waals surface area contributed by atoms with Gasteiger partial charge >= 0.3 is 6.18 Å². The number of aromatic amines is 1. The second-order valence-electron chi connectivity index (χ2n) is 7.32. The van der Waals surface area contributed by atoms with Crippen molar-refractivity contribution in [2.45, 2.75) is 17.1 Å². The van der Waals surface area contributed by atoms with E-state index in [1.54, 1.807) is 48.7 Å². The molecule has 1 unspecified atom stereocenters. The summed E-state index contributed by atoms with van der Waals surface area (Å²) in [5, 5.41) is 14.3. The zero-order chi connectivity index (χ0) is 24.5. The lowest BCUT2D eigenvalue weighted by Gasteiger charge is -2.20. The van der Waals surface area contributed by atoms with E-state index < -0.39 is 28.9 Å². The molecule has 4 rings (SSSR count). The second-order valence-corrected chi connectivity index (χ2v) is 8.20. The van der Waals surface area contributed by atoms with E-state index in [2.05, 4.69) is 15.3 Å². The number of rotatable bonds is 6. The average molecular weight is 486 g/mol. The van der Waals surface area contributed by atoms with Gasteiger partial charge in [-0.2, -0.15) is 13.2 Å². The molecule has 174 valence electrons. The molecule has 0 bridgehead atoms. The van der Waals surface area contributed by atoms with Gasteiger partial charge in [0, 0.05) is 11.0 Å². The van der Waals surface area contributed by atoms with Crippen LogP contribution in [0.3, 0.4) is 0 Å². The molecule has 0 aliphatic carbocycles. The largest absolute Gasteiger partial charge is 0.449 e. The summed E-state index contributed by atoms with van der Waals surface area (Å²) in [6.07, 6.45) is -2.85. The molecule has 1 atom stereocenters. The Bertz CT molecular complexity index is 1370. The van der Waals surface area contributed by atoms with E-state index in [9.17, 15) is 28.1 Å². The first-order valence-corrected chi connectivity index (χ1v) is 11.1. The molecule has 0 radical (unpaired) electrons. The van der Waals surface area contributed by atoms with E-state index in [1.165, 1.54) is 36.0 Å². The summed E-state index contributed by atoms with van der Waals surface area (Å²) in [5.74, 6) is -1.80. The summed E-state index contributed by atoms with van der Waals surface area (Å²) in [5.41, 5.74) is 0.941. The van der Waals surface area contributed by atoms with Crippen molar-refractivity contribution in [3.05, 3.63) is 99.4 Å². The number of nitro benzene ring substituents is 1. The summed E-state index contributed by atoms with van der Waals surface area (Å²) in [6.45, 7) is 0. The van der Waals surface area contributed by atoms with Crippen LogP contribution in [0.15, 0.2) is 71.6 Å². The topological polar surface area (TPSA) is 101 Å². The number of fused-ring (bicyclic) bond motifs is 1. The fraction of sp³-hybridized carbons (Fsp3) is 0.130. The third-order valence-electron chi connectivity index (χ3n) is 5.16. The molecule has 1 amide bonds. The number of nitrogens with zero attached hydrogens (tertiary/aromatic N) is 2. The molecule has 0 saturated heterocycles. The van der Waals surface area contributed by atoms with Crippen LogP contribution < -0.4 is 5.32 Å². The Morgan fingerprint density at radius 3 is 2.47 bits per heavy atom. The van der Waals surface area contributed by atoms with Crippen LogP contribution in [0.5, 0.6) is 0 Å². The molecule has 7 nitrogen and oxygen atoms in total. The molecule has 1 heterocycles. The number of halogens is 3. The van der Waals surface area contributed by atoms with E-state index in [4.69, 9.17) is 0 Å². The standard InChI is InChI=1S/C23H17F3N4O3S/c1-34-15-8-10-19(30(32)33)16(12-15)21(31)29-20(13-5-3-2-4-6-13)14-7-9-17-18(11-14)28-22(27-17)23(24,25)26/h2-12,20H,1H3,(H,27,28)(H,29,31). The molecule has 4 aromatic rings. The minimum absolute atomic E-state index is 0.111. The normalized spacial score (nSPS) is 12.5. The number of amides is 1. The Labute approximate surface area is 195 Å². The minimum Gasteiger partial charge on any atom is -0.341 e. The van der Waals surface area contributed by atoms with E-state index >= 15 is 0 Å². The predicted molar refractivity (Wildman–Crippen MR) is 122 cm³/mol. The Kier molecular flexibility index (Phi) is 6.29. The Balaban J connectivity index is 1.77. The highest BCUT2D eigenvalue weighted by atomic mass is 32.2. The van der Waals surface area contributed by atoms with Gasteiger partial charge in [-0.05, 0) is 41.6 Å². The van der Waals surface area contributed by atoms with Crippen LogP contribution >= 0.6 is 11.8 Å². The first-order chi connectivity index (χ1) is 16.2. The second kappa shape index (κ2) is 9.18. The van der Waals surface area contributed by atoms with Gasteiger partial charge in [-0.15, -0.1) is 11.8 Å². The number of nitro groups is 1. The van der Waals surface area contributed by atoms with Gasteiger partial charge in [0.05, 0.1) is 22.0 Å². The van der Waals surface area contributed by atoms with Crippen LogP contribution in [0.2, 0.25) is 0 Å². The van der Waals surface area contributed by atoms with Gasteiger partial charge in [0.1, 0.15) is 5.56 Å². The lowest BCUT2D eigenvalue weighted by molar-refractivity contribution is -0.385. The van der Waals surface area contributed by atoms with Gasteiger partial charge in [-0.1, -0.05) is 36.4 Å². The van der Waals surface area contributed by atoms with Crippen molar-refractivity contribution in [3.63, 3.8) is 0 Å². The molecule has 0 spiro atoms. The summed E-state index contributed by atoms with van der Waals surface area (Å²) < 4.78 is 39.2. The molecule has 2 N–H and O–H groups in total. The zero-order valence-corrected chi connectivity index (χ0v) is 18.4. The van der Waals surface area contributed by atoms with Gasteiger partial charge in [0.15, 0.2) is 0 Å². The fourth-order valence-electron chi connectivity index (χ4n) is 3.54. The highest BCUT2D eigenvalue weighted by molar-refractivity contribution is 7.98. The molecule has 34 heavy (non-hydrogen) atoms. The van der Waals surface area contributed by atoms with Crippen molar-refractivity contribution in [2.75, 3.05) is 6.26 Å². The number of alkyl halides is 3. The zero-order valence-electron chi connectivity index (χ0n) is 17.6. The third-order valence-corrected chi connectivity index (χ3v) is 5.89. The molecule has 0 aliphatic heterocycles. The van der Waals surface area contributed by atoms with Gasteiger partial charge in [-0.3, -0.25) is 14.9 Å². The maximum atomic E-state index is 13.2. The number of hydrogen-bond donors (Lipinski definition) is 2. The summed E-state index contributed by atoms with van der Waals surface area (Å²) in [7, 11) is 0. The van der Waals surface area contributed by atoms with Crippen molar-refractivity contribution in [1.29, 1.82) is 0 Å². The highest BCUT2D eigenvalue weighted by Gasteiger charge is 2.35. The van der Waals surface area contributed by atoms with Crippen LogP contribution in [-0.2, 0) is 6.18 Å². The number of aromatic nitrogens is 2. The van der Waals surface area contributed by atoms with Gasteiger partial charge < -0.3 is 10.3 Å². The molecule has 0 fully saturated rings. The summed E-state index contributed by atoms with van der Waals surface area (Å²) in [6, 6.07) is 16.7. The predicted octanol–water partition coefficient (Wildman–Crippen LogP) is 5.73. The number of thioether (sulfide) groups is 1. The van der Waals surface area contributed by atoms with E-state index in [-0.39, 0.29) is 22.3 Å². The number of nitrogens with one attached hydrogen (secondary N) is 2. The SMILES string of the molecule is CSc1ccc([N+](=O)[O-])c(C(=O)NC(c2ccccc2)c2ccc3nc(C(F)(F)F)[nH]c3c2)c1. The Morgan fingerprint density at radius 1 is 1.09 bits per heavy atom. The van der Waals surface area contributed by atoms with Crippen LogP contribution in [0.25, 0.3) is 11.0 Å². The lowest BCUT2D eigenvalue weighted by atomic mass is 9.97. The summed E-state index contributed by atoms with van der Waals surface area (Å²) in [4.78, 5) is 30.6. The molecule has 3 aromatic carbocycles. The van der Waals surface area contributed by atoms with E-state index in [0.29, 0.717) is 16.0 Å². The van der Waals surface area contributed by atoms with Gasteiger partial charge in [-0.25, -0.2) is 4.98 Å². The number of H-pyrrole nitrogens is 1. The molecular formula is C23H17F3N4O3S. The first-order valence-electron chi connectivity index (χ1n) is 9.92. The summed E-state index contributed by atoms with van der Waals surface area (Å²) >= 11 is 1.33. The molecule has 11 heteroatoms. The van der Waals surface area contributed by atoms with Crippen molar-refractivity contribution in [2.24, 2.45) is 0 Å². The quantitative estimate of drug-likeness (QED) is 0.206. The minimum atomic E-state index is -4.63. The van der Waals surface area contributed by atoms with Gasteiger partial charge in [0.25, 0.3) is 11.6 Å². The number of carbonyl (C=O) groups is 1. The number of hydrogen-bond acceptors (Lipinski definition) is 5. The van der Waals surface area contributed by atoms with E-state index in [1.807, 2.05) is 0 Å². The first kappa shape index (κ1) is 23.3. The van der Waals surface area contributed by atoms with Crippen LogP contribution in [0.4, 0.5) is 18.9 Å². The van der Waals surface area contributed by atoms with Crippen LogP contribution in [-0.4, -0.2) is 27.1 Å². The van der Waals surface area contributed by atoms with Crippen LogP contribution in [0.1, 0.15) is 33.4 Å². The fourth-order valence-corrected chi connectivity index (χ4v) is 3.98. The molecule has 0 saturated carbocycles. The Morgan fingerprint density at radius 2 is 1.82 bits per heavy atom. The Hall–Kier alpha value is -3.86. The van der Waals surface area contributed by atoms with Gasteiger partial charge in [0.2, 0.25) is 5.82 Å². The maximum Gasteiger partial charge on any atom is 0.449 e. The smallest absolute Gasteiger partial charge is 0.341 e. The van der Waals surface area contributed by atoms with Crippen molar-refractivity contribution in [3.8, 4) is 0 Å². The van der Waals surface area contributed by atoms with Crippen molar-refractivity contribution in [1.82, 2.24) is 15.3 Å². The number of imidazole rings is 1. The van der Waals surface area contributed by atoms with Crippen LogP contribution in [0, 0.1) is 10.1 Å². The molecule has 0 aliphatic rings.